The number of carbonyl (C=O) groups excluding carboxylic acids is 4. The molecule has 3 N–H and O–H groups in total. The van der Waals surface area contributed by atoms with Crippen molar-refractivity contribution in [2.24, 2.45) is 11.0 Å². The number of nitrogens with one attached hydrogen (secondary N) is 3. The molecule has 0 radical (unpaired) electrons. The molecule has 1 unspecified atom stereocenters. The zero-order valence-corrected chi connectivity index (χ0v) is 26.0. The summed E-state index contributed by atoms with van der Waals surface area (Å²) in [5.74, 6) is -1.46. The third-order valence-corrected chi connectivity index (χ3v) is 6.77. The zero-order chi connectivity index (χ0) is 32.2. The summed E-state index contributed by atoms with van der Waals surface area (Å²) in [4.78, 5) is 49.6. The fourth-order valence-corrected chi connectivity index (χ4v) is 4.06. The third-order valence-electron chi connectivity index (χ3n) is 6.03. The molecule has 0 aliphatic heterocycles. The smallest absolute Gasteiger partial charge is 0.338 e. The number of methoxy groups -OCH3 is 1. The van der Waals surface area contributed by atoms with E-state index in [1.165, 1.54) is 31.5 Å². The Hall–Kier alpha value is -4.61. The van der Waals surface area contributed by atoms with E-state index in [0.29, 0.717) is 33.3 Å². The Morgan fingerprint density at radius 3 is 2.25 bits per heavy atom. The Bertz CT molecular complexity index is 1530. The number of benzene rings is 3. The van der Waals surface area contributed by atoms with Gasteiger partial charge in [0.25, 0.3) is 17.7 Å². The fourth-order valence-electron chi connectivity index (χ4n) is 3.77. The molecule has 0 aliphatic rings. The van der Waals surface area contributed by atoms with Gasteiger partial charge in [-0.25, -0.2) is 10.2 Å². The molecule has 3 aromatic carbocycles. The molecule has 0 spiro atoms. The molecule has 13 heteroatoms. The van der Waals surface area contributed by atoms with Crippen LogP contribution in [0.15, 0.2) is 65.8 Å². The molecule has 0 saturated carbocycles. The van der Waals surface area contributed by atoms with Gasteiger partial charge >= 0.3 is 5.97 Å². The molecule has 11 nitrogen and oxygen atoms in total. The van der Waals surface area contributed by atoms with Crippen molar-refractivity contribution in [3.8, 4) is 11.5 Å². The summed E-state index contributed by atoms with van der Waals surface area (Å²) in [6.45, 7) is 5.26. The monoisotopic (exact) mass is 642 g/mol. The molecule has 0 saturated heterocycles. The Morgan fingerprint density at radius 1 is 0.909 bits per heavy atom. The summed E-state index contributed by atoms with van der Waals surface area (Å²) in [7, 11) is 1.44. The second-order valence-electron chi connectivity index (χ2n) is 9.60. The maximum absolute atomic E-state index is 12.8. The molecule has 0 fully saturated rings. The molecule has 0 aromatic heterocycles. The molecule has 0 heterocycles. The van der Waals surface area contributed by atoms with Crippen molar-refractivity contribution < 1.29 is 33.4 Å². The average molecular weight is 644 g/mol. The molecular formula is C31H32Cl2N4O7. The van der Waals surface area contributed by atoms with Gasteiger partial charge in [-0.1, -0.05) is 37.0 Å². The first kappa shape index (κ1) is 33.9. The molecule has 0 bridgehead atoms. The zero-order valence-electron chi connectivity index (χ0n) is 24.5. The molecule has 3 amide bonds. The minimum atomic E-state index is -0.874. The van der Waals surface area contributed by atoms with E-state index < -0.39 is 29.7 Å². The first-order valence-corrected chi connectivity index (χ1v) is 14.2. The lowest BCUT2D eigenvalue weighted by atomic mass is 10.0. The predicted octanol–water partition coefficient (Wildman–Crippen LogP) is 5.10. The maximum atomic E-state index is 12.8. The summed E-state index contributed by atoms with van der Waals surface area (Å²) >= 11 is 11.9. The van der Waals surface area contributed by atoms with Crippen LogP contribution in [0.4, 0.5) is 5.69 Å². The normalized spacial score (nSPS) is 11.5. The number of hydrogen-bond acceptors (Lipinski definition) is 8. The van der Waals surface area contributed by atoms with E-state index in [0.717, 1.165) is 0 Å². The Morgan fingerprint density at radius 2 is 1.61 bits per heavy atom. The van der Waals surface area contributed by atoms with E-state index >= 15 is 0 Å². The van der Waals surface area contributed by atoms with Gasteiger partial charge in [0.2, 0.25) is 0 Å². The largest absolute Gasteiger partial charge is 0.493 e. The standard InChI is InChI=1S/C31H32Cl2N4O7/c1-5-43-31(41)20-7-10-22(11-8-20)35-27(38)17-44-25-13-6-19(14-26(25)42-4)16-34-37-30(40)28(18(2)3)36-29(39)21-9-12-23(32)24(33)15-21/h6-16,18,28H,5,17H2,1-4H3,(H,35,38)(H,36,39)(H,37,40). The summed E-state index contributed by atoms with van der Waals surface area (Å²) in [6, 6.07) is 14.7. The number of rotatable bonds is 13. The second kappa shape index (κ2) is 16.3. The second-order valence-corrected chi connectivity index (χ2v) is 10.4. The molecule has 3 rings (SSSR count). The predicted molar refractivity (Wildman–Crippen MR) is 168 cm³/mol. The molecule has 44 heavy (non-hydrogen) atoms. The lowest BCUT2D eigenvalue weighted by Crippen LogP contribution is -2.48. The van der Waals surface area contributed by atoms with Crippen LogP contribution in [0.25, 0.3) is 0 Å². The number of hydrazone groups is 1. The topological polar surface area (TPSA) is 144 Å². The van der Waals surface area contributed by atoms with Crippen LogP contribution in [0.2, 0.25) is 10.0 Å². The van der Waals surface area contributed by atoms with Crippen molar-refractivity contribution in [2.75, 3.05) is 25.6 Å². The summed E-state index contributed by atoms with van der Waals surface area (Å²) in [6.07, 6.45) is 1.40. The van der Waals surface area contributed by atoms with Crippen LogP contribution in [0.1, 0.15) is 47.1 Å². The van der Waals surface area contributed by atoms with E-state index in [1.54, 1.807) is 63.2 Å². The molecule has 3 aromatic rings. The Labute approximate surface area is 264 Å². The van der Waals surface area contributed by atoms with Gasteiger partial charge in [-0.15, -0.1) is 0 Å². The van der Waals surface area contributed by atoms with Crippen molar-refractivity contribution in [3.05, 3.63) is 87.4 Å². The van der Waals surface area contributed by atoms with Gasteiger partial charge in [0.05, 0.1) is 35.5 Å². The lowest BCUT2D eigenvalue weighted by molar-refractivity contribution is -0.124. The van der Waals surface area contributed by atoms with Crippen molar-refractivity contribution in [3.63, 3.8) is 0 Å². The maximum Gasteiger partial charge on any atom is 0.338 e. The highest BCUT2D eigenvalue weighted by Gasteiger charge is 2.25. The quantitative estimate of drug-likeness (QED) is 0.134. The van der Waals surface area contributed by atoms with Crippen LogP contribution >= 0.6 is 23.2 Å². The summed E-state index contributed by atoms with van der Waals surface area (Å²) in [5, 5.41) is 9.91. The Balaban J connectivity index is 1.55. The number of carbonyl (C=O) groups is 4. The number of esters is 1. The molecule has 0 aliphatic carbocycles. The van der Waals surface area contributed by atoms with Gasteiger partial charge in [0.1, 0.15) is 6.04 Å². The number of amides is 3. The first-order valence-electron chi connectivity index (χ1n) is 13.5. The molecular weight excluding hydrogens is 611 g/mol. The summed E-state index contributed by atoms with van der Waals surface area (Å²) in [5.41, 5.74) is 4.13. The van der Waals surface area contributed by atoms with Crippen LogP contribution < -0.4 is 25.5 Å². The fraction of sp³-hybridized carbons (Fsp3) is 0.258. The highest BCUT2D eigenvalue weighted by Crippen LogP contribution is 2.27. The molecule has 1 atom stereocenters. The highest BCUT2D eigenvalue weighted by atomic mass is 35.5. The van der Waals surface area contributed by atoms with Crippen molar-refractivity contribution in [2.45, 2.75) is 26.8 Å². The van der Waals surface area contributed by atoms with Gasteiger partial charge < -0.3 is 24.8 Å². The van der Waals surface area contributed by atoms with Crippen molar-refractivity contribution in [1.29, 1.82) is 0 Å². The van der Waals surface area contributed by atoms with Crippen LogP contribution in [0.5, 0.6) is 11.5 Å². The van der Waals surface area contributed by atoms with E-state index in [1.807, 2.05) is 0 Å². The van der Waals surface area contributed by atoms with Gasteiger partial charge in [-0.2, -0.15) is 5.10 Å². The van der Waals surface area contributed by atoms with Crippen LogP contribution in [-0.2, 0) is 14.3 Å². The van der Waals surface area contributed by atoms with Gasteiger partial charge in [0, 0.05) is 11.3 Å². The third kappa shape index (κ3) is 9.72. The van der Waals surface area contributed by atoms with Crippen molar-refractivity contribution in [1.82, 2.24) is 10.7 Å². The van der Waals surface area contributed by atoms with Crippen LogP contribution in [0, 0.1) is 5.92 Å². The van der Waals surface area contributed by atoms with Crippen LogP contribution in [-0.4, -0.2) is 56.3 Å². The summed E-state index contributed by atoms with van der Waals surface area (Å²) < 4.78 is 15.9. The van der Waals surface area contributed by atoms with Gasteiger partial charge in [0.15, 0.2) is 18.1 Å². The van der Waals surface area contributed by atoms with E-state index in [2.05, 4.69) is 21.2 Å². The highest BCUT2D eigenvalue weighted by molar-refractivity contribution is 6.42. The lowest BCUT2D eigenvalue weighted by Gasteiger charge is -2.20. The van der Waals surface area contributed by atoms with Gasteiger partial charge in [-0.3, -0.25) is 14.4 Å². The first-order chi connectivity index (χ1) is 21.0. The van der Waals surface area contributed by atoms with Crippen molar-refractivity contribution >= 4 is 58.8 Å². The van der Waals surface area contributed by atoms with Gasteiger partial charge in [-0.05, 0) is 79.1 Å². The molecule has 232 valence electrons. The number of anilines is 1. The minimum absolute atomic E-state index is 0.226. The average Bonchev–Trinajstić information content (AvgIpc) is 3.00. The minimum Gasteiger partial charge on any atom is -0.493 e. The SMILES string of the molecule is CCOC(=O)c1ccc(NC(=O)COc2ccc(C=NNC(=O)C(NC(=O)c3ccc(Cl)c(Cl)c3)C(C)C)cc2OC)cc1. The van der Waals surface area contributed by atoms with E-state index in [9.17, 15) is 19.2 Å². The van der Waals surface area contributed by atoms with Crippen LogP contribution in [0.3, 0.4) is 0 Å². The number of ether oxygens (including phenoxy) is 3. The number of nitrogens with zero attached hydrogens (tertiary/aromatic N) is 1. The van der Waals surface area contributed by atoms with E-state index in [4.69, 9.17) is 37.4 Å². The number of halogens is 2. The van der Waals surface area contributed by atoms with E-state index in [-0.39, 0.29) is 29.7 Å². The Kier molecular flexibility index (Phi) is 12.5. The number of hydrogen-bond donors (Lipinski definition) is 3.